The molecule has 1 aromatic rings. The molecule has 2 amide bonds. The van der Waals surface area contributed by atoms with Crippen LogP contribution in [0.2, 0.25) is 0 Å². The Labute approximate surface area is 125 Å². The van der Waals surface area contributed by atoms with Crippen molar-refractivity contribution in [2.75, 3.05) is 13.2 Å². The van der Waals surface area contributed by atoms with Crippen molar-refractivity contribution >= 4 is 35.0 Å². The normalized spacial score (nSPS) is 16.0. The van der Waals surface area contributed by atoms with Crippen molar-refractivity contribution < 1.29 is 23.9 Å². The maximum absolute atomic E-state index is 11.5. The second kappa shape index (κ2) is 6.94. The standard InChI is InChI=1S/C14H13NO5S/c1-2-19-12(16)8-20-10-6-4-3-5-9(10)7-11-13(17)15-14(18)21-11/h3-7H,2,8H2,1H3,(H,15,17,18)/b11-7+. The molecule has 0 spiro atoms. The van der Waals surface area contributed by atoms with Crippen LogP contribution in [0.1, 0.15) is 12.5 Å². The highest BCUT2D eigenvalue weighted by Crippen LogP contribution is 2.28. The van der Waals surface area contributed by atoms with Gasteiger partial charge in [-0.25, -0.2) is 4.79 Å². The van der Waals surface area contributed by atoms with Gasteiger partial charge in [-0.3, -0.25) is 14.9 Å². The SMILES string of the molecule is CCOC(=O)COc1ccccc1/C=C1/SC(=O)NC1=O. The first-order valence-electron chi connectivity index (χ1n) is 6.22. The Bertz CT molecular complexity index is 611. The molecule has 21 heavy (non-hydrogen) atoms. The Morgan fingerprint density at radius 2 is 2.10 bits per heavy atom. The van der Waals surface area contributed by atoms with Gasteiger partial charge in [-0.15, -0.1) is 0 Å². The minimum atomic E-state index is -0.469. The molecule has 110 valence electrons. The maximum Gasteiger partial charge on any atom is 0.344 e. The number of hydrogen-bond acceptors (Lipinski definition) is 6. The summed E-state index contributed by atoms with van der Waals surface area (Å²) in [5.74, 6) is -0.473. The second-order valence-electron chi connectivity index (χ2n) is 3.98. The first-order chi connectivity index (χ1) is 10.1. The molecule has 0 aliphatic carbocycles. The van der Waals surface area contributed by atoms with E-state index in [1.54, 1.807) is 37.3 Å². The molecule has 0 unspecified atom stereocenters. The van der Waals surface area contributed by atoms with Gasteiger partial charge in [0.1, 0.15) is 5.75 Å². The minimum absolute atomic E-state index is 0.216. The number of esters is 1. The Balaban J connectivity index is 2.14. The lowest BCUT2D eigenvalue weighted by Crippen LogP contribution is -2.17. The molecular weight excluding hydrogens is 294 g/mol. The van der Waals surface area contributed by atoms with Crippen LogP contribution in [0.4, 0.5) is 4.79 Å². The molecule has 1 fully saturated rings. The Hall–Kier alpha value is -2.28. The predicted octanol–water partition coefficient (Wildman–Crippen LogP) is 1.95. The van der Waals surface area contributed by atoms with E-state index < -0.39 is 17.1 Å². The van der Waals surface area contributed by atoms with E-state index in [0.29, 0.717) is 11.3 Å². The van der Waals surface area contributed by atoms with Crippen molar-refractivity contribution in [1.29, 1.82) is 0 Å². The molecule has 0 aromatic heterocycles. The molecule has 0 saturated carbocycles. The monoisotopic (exact) mass is 307 g/mol. The number of imide groups is 1. The van der Waals surface area contributed by atoms with Crippen LogP contribution in [0.15, 0.2) is 29.2 Å². The van der Waals surface area contributed by atoms with Gasteiger partial charge >= 0.3 is 5.97 Å². The summed E-state index contributed by atoms with van der Waals surface area (Å²) in [5.41, 5.74) is 0.606. The Morgan fingerprint density at radius 1 is 1.33 bits per heavy atom. The lowest BCUT2D eigenvalue weighted by molar-refractivity contribution is -0.145. The van der Waals surface area contributed by atoms with Crippen molar-refractivity contribution in [3.05, 3.63) is 34.7 Å². The molecule has 0 radical (unpaired) electrons. The zero-order valence-electron chi connectivity index (χ0n) is 11.3. The molecule has 0 atom stereocenters. The lowest BCUT2D eigenvalue weighted by Gasteiger charge is -2.08. The maximum atomic E-state index is 11.5. The molecule has 0 bridgehead atoms. The largest absolute Gasteiger partial charge is 0.481 e. The van der Waals surface area contributed by atoms with Crippen LogP contribution in [-0.4, -0.2) is 30.3 Å². The zero-order chi connectivity index (χ0) is 15.2. The number of para-hydroxylation sites is 1. The van der Waals surface area contributed by atoms with Gasteiger partial charge in [0, 0.05) is 5.56 Å². The number of hydrogen-bond donors (Lipinski definition) is 1. The van der Waals surface area contributed by atoms with Crippen molar-refractivity contribution in [1.82, 2.24) is 5.32 Å². The van der Waals surface area contributed by atoms with Crippen LogP contribution in [-0.2, 0) is 14.3 Å². The summed E-state index contributed by atoms with van der Waals surface area (Å²) in [7, 11) is 0. The van der Waals surface area contributed by atoms with Gasteiger partial charge in [-0.1, -0.05) is 18.2 Å². The number of ether oxygens (including phenoxy) is 2. The Morgan fingerprint density at radius 3 is 2.76 bits per heavy atom. The van der Waals surface area contributed by atoms with E-state index in [4.69, 9.17) is 9.47 Å². The topological polar surface area (TPSA) is 81.7 Å². The molecule has 6 nitrogen and oxygen atoms in total. The van der Waals surface area contributed by atoms with Crippen LogP contribution >= 0.6 is 11.8 Å². The highest BCUT2D eigenvalue weighted by atomic mass is 32.2. The quantitative estimate of drug-likeness (QED) is 0.661. The van der Waals surface area contributed by atoms with Crippen LogP contribution in [0, 0.1) is 0 Å². The summed E-state index contributed by atoms with van der Waals surface area (Å²) in [6, 6.07) is 6.91. The first kappa shape index (κ1) is 15.1. The second-order valence-corrected chi connectivity index (χ2v) is 5.00. The van der Waals surface area contributed by atoms with Crippen LogP contribution in [0.3, 0.4) is 0 Å². The number of rotatable bonds is 5. The fourth-order valence-corrected chi connectivity index (χ4v) is 2.31. The molecule has 7 heteroatoms. The Kier molecular flexibility index (Phi) is 4.99. The molecule has 1 aliphatic rings. The number of nitrogens with one attached hydrogen (secondary N) is 1. The van der Waals surface area contributed by atoms with E-state index >= 15 is 0 Å². The van der Waals surface area contributed by atoms with Crippen molar-refractivity contribution in [3.63, 3.8) is 0 Å². The van der Waals surface area contributed by atoms with Gasteiger partial charge in [0.05, 0.1) is 11.5 Å². The van der Waals surface area contributed by atoms with Gasteiger partial charge in [0.25, 0.3) is 11.1 Å². The smallest absolute Gasteiger partial charge is 0.344 e. The summed E-state index contributed by atoms with van der Waals surface area (Å²) in [6.07, 6.45) is 1.55. The average Bonchev–Trinajstić information content (AvgIpc) is 2.76. The third kappa shape index (κ3) is 4.09. The van der Waals surface area contributed by atoms with E-state index in [0.717, 1.165) is 11.8 Å². The molecule has 1 aromatic carbocycles. The van der Waals surface area contributed by atoms with Gasteiger partial charge in [-0.05, 0) is 30.8 Å². The minimum Gasteiger partial charge on any atom is -0.481 e. The van der Waals surface area contributed by atoms with Gasteiger partial charge in [0.2, 0.25) is 0 Å². The lowest BCUT2D eigenvalue weighted by atomic mass is 10.2. The fourth-order valence-electron chi connectivity index (χ4n) is 1.63. The van der Waals surface area contributed by atoms with Gasteiger partial charge in [-0.2, -0.15) is 0 Å². The molecule has 2 rings (SSSR count). The first-order valence-corrected chi connectivity index (χ1v) is 7.04. The highest BCUT2D eigenvalue weighted by Gasteiger charge is 2.25. The molecule has 1 saturated heterocycles. The predicted molar refractivity (Wildman–Crippen MR) is 77.7 cm³/mol. The van der Waals surface area contributed by atoms with Crippen LogP contribution in [0.25, 0.3) is 6.08 Å². The van der Waals surface area contributed by atoms with E-state index in [1.807, 2.05) is 0 Å². The molecular formula is C14H13NO5S. The number of amides is 2. The molecule has 1 N–H and O–H groups in total. The summed E-state index contributed by atoms with van der Waals surface area (Å²) in [4.78, 5) is 34.2. The zero-order valence-corrected chi connectivity index (χ0v) is 12.1. The summed E-state index contributed by atoms with van der Waals surface area (Å²) < 4.78 is 10.2. The number of carbonyl (C=O) groups is 3. The summed E-state index contributed by atoms with van der Waals surface area (Å²) in [6.45, 7) is 1.78. The number of carbonyl (C=O) groups excluding carboxylic acids is 3. The third-order valence-electron chi connectivity index (χ3n) is 2.50. The fraction of sp³-hybridized carbons (Fsp3) is 0.214. The summed E-state index contributed by atoms with van der Waals surface area (Å²) in [5, 5.41) is 1.77. The van der Waals surface area contributed by atoms with Crippen LogP contribution < -0.4 is 10.1 Å². The van der Waals surface area contributed by atoms with Crippen LogP contribution in [0.5, 0.6) is 5.75 Å². The van der Waals surface area contributed by atoms with E-state index in [-0.39, 0.29) is 18.1 Å². The van der Waals surface area contributed by atoms with Gasteiger partial charge < -0.3 is 9.47 Å². The van der Waals surface area contributed by atoms with E-state index in [1.165, 1.54) is 0 Å². The van der Waals surface area contributed by atoms with Crippen molar-refractivity contribution in [3.8, 4) is 5.75 Å². The molecule has 1 heterocycles. The number of thioether (sulfide) groups is 1. The third-order valence-corrected chi connectivity index (χ3v) is 3.31. The van der Waals surface area contributed by atoms with Gasteiger partial charge in [0.15, 0.2) is 6.61 Å². The van der Waals surface area contributed by atoms with E-state index in [2.05, 4.69) is 5.32 Å². The summed E-state index contributed by atoms with van der Waals surface area (Å²) >= 11 is 0.824. The molecule has 1 aliphatic heterocycles. The van der Waals surface area contributed by atoms with E-state index in [9.17, 15) is 14.4 Å². The van der Waals surface area contributed by atoms with Crippen molar-refractivity contribution in [2.24, 2.45) is 0 Å². The van der Waals surface area contributed by atoms with Crippen molar-refractivity contribution in [2.45, 2.75) is 6.92 Å². The highest BCUT2D eigenvalue weighted by molar-refractivity contribution is 8.18. The average molecular weight is 307 g/mol. The number of benzene rings is 1.